The van der Waals surface area contributed by atoms with Crippen molar-refractivity contribution >= 4 is 11.1 Å². The number of allylic oxidation sites excluding steroid dienone is 4. The number of halogens is 1. The van der Waals surface area contributed by atoms with Crippen LogP contribution in [0.3, 0.4) is 0 Å². The fourth-order valence-corrected chi connectivity index (χ4v) is 2.62. The number of rotatable bonds is 4. The summed E-state index contributed by atoms with van der Waals surface area (Å²) in [5.41, 5.74) is 6.39. The van der Waals surface area contributed by atoms with Crippen LogP contribution < -0.4 is 0 Å². The Bertz CT molecular complexity index is 851. The summed E-state index contributed by atoms with van der Waals surface area (Å²) in [6.07, 6.45) is 5.11. The van der Waals surface area contributed by atoms with Crippen molar-refractivity contribution in [1.29, 1.82) is 5.26 Å². The summed E-state index contributed by atoms with van der Waals surface area (Å²) in [4.78, 5) is 0. The maximum absolute atomic E-state index is 13.6. The molecule has 2 aromatic rings. The first-order valence-corrected chi connectivity index (χ1v) is 8.13. The molecule has 0 bridgehead atoms. The van der Waals surface area contributed by atoms with Crippen LogP contribution in [0.1, 0.15) is 48.1 Å². The molecule has 0 radical (unpaired) electrons. The number of nitrogens with zero attached hydrogens (tertiary/aromatic N) is 1. The van der Waals surface area contributed by atoms with Crippen LogP contribution in [0.4, 0.5) is 4.39 Å². The standard InChI is InChI=1S/C22H22FN/c1-5-6-7-21(19-9-8-15(2)20(13-19)14-24)17(4)18-10-11-22(23)16(3)12-18/h6-13H,5H2,1-4H3/b7-6-,21-17-. The summed E-state index contributed by atoms with van der Waals surface area (Å²) >= 11 is 0. The van der Waals surface area contributed by atoms with Gasteiger partial charge in [-0.15, -0.1) is 0 Å². The first kappa shape index (κ1) is 17.7. The zero-order valence-electron chi connectivity index (χ0n) is 14.7. The number of aryl methyl sites for hydroxylation is 2. The lowest BCUT2D eigenvalue weighted by molar-refractivity contribution is 0.618. The highest BCUT2D eigenvalue weighted by Gasteiger charge is 2.09. The summed E-state index contributed by atoms with van der Waals surface area (Å²) in [6.45, 7) is 7.83. The summed E-state index contributed by atoms with van der Waals surface area (Å²) in [7, 11) is 0. The van der Waals surface area contributed by atoms with Crippen LogP contribution in [-0.4, -0.2) is 0 Å². The van der Waals surface area contributed by atoms with Crippen LogP contribution in [0.2, 0.25) is 0 Å². The molecule has 2 heteroatoms. The van der Waals surface area contributed by atoms with E-state index in [9.17, 15) is 9.65 Å². The lowest BCUT2D eigenvalue weighted by Crippen LogP contribution is -1.92. The molecule has 0 amide bonds. The van der Waals surface area contributed by atoms with Crippen LogP contribution in [0.5, 0.6) is 0 Å². The lowest BCUT2D eigenvalue weighted by atomic mass is 9.92. The fourth-order valence-electron chi connectivity index (χ4n) is 2.62. The van der Waals surface area contributed by atoms with Gasteiger partial charge in [0.15, 0.2) is 0 Å². The molecular weight excluding hydrogens is 297 g/mol. The largest absolute Gasteiger partial charge is 0.207 e. The van der Waals surface area contributed by atoms with E-state index in [1.165, 1.54) is 6.07 Å². The molecule has 1 nitrogen and oxygen atoms in total. The van der Waals surface area contributed by atoms with Gasteiger partial charge in [-0.25, -0.2) is 4.39 Å². The van der Waals surface area contributed by atoms with Gasteiger partial charge < -0.3 is 0 Å². The van der Waals surface area contributed by atoms with Crippen molar-refractivity contribution in [1.82, 2.24) is 0 Å². The molecule has 0 aliphatic carbocycles. The van der Waals surface area contributed by atoms with Gasteiger partial charge in [0.25, 0.3) is 0 Å². The average Bonchev–Trinajstić information content (AvgIpc) is 2.58. The minimum Gasteiger partial charge on any atom is -0.207 e. The molecule has 0 saturated carbocycles. The monoisotopic (exact) mass is 319 g/mol. The molecule has 0 spiro atoms. The topological polar surface area (TPSA) is 23.8 Å². The molecule has 0 heterocycles. The molecule has 0 saturated heterocycles. The minimum absolute atomic E-state index is 0.195. The molecule has 24 heavy (non-hydrogen) atoms. The van der Waals surface area contributed by atoms with Gasteiger partial charge in [0.1, 0.15) is 5.82 Å². The molecule has 0 fully saturated rings. The van der Waals surface area contributed by atoms with E-state index in [4.69, 9.17) is 0 Å². The molecular formula is C22H22FN. The predicted molar refractivity (Wildman–Crippen MR) is 99.0 cm³/mol. The number of hydrogen-bond acceptors (Lipinski definition) is 1. The summed E-state index contributed by atoms with van der Waals surface area (Å²) < 4.78 is 13.6. The molecule has 122 valence electrons. The van der Waals surface area contributed by atoms with Gasteiger partial charge in [0, 0.05) is 0 Å². The van der Waals surface area contributed by atoms with Gasteiger partial charge >= 0.3 is 0 Å². The second-order valence-electron chi connectivity index (χ2n) is 5.95. The Morgan fingerprint density at radius 3 is 2.42 bits per heavy atom. The average molecular weight is 319 g/mol. The van der Waals surface area contributed by atoms with E-state index in [0.717, 1.165) is 34.3 Å². The van der Waals surface area contributed by atoms with Crippen molar-refractivity contribution < 1.29 is 4.39 Å². The zero-order chi connectivity index (χ0) is 17.7. The third-order valence-electron chi connectivity index (χ3n) is 4.18. The van der Waals surface area contributed by atoms with Crippen LogP contribution in [0.15, 0.2) is 48.6 Å². The molecule has 0 atom stereocenters. The van der Waals surface area contributed by atoms with Gasteiger partial charge in [-0.1, -0.05) is 37.3 Å². The number of benzene rings is 2. The summed E-state index contributed by atoms with van der Waals surface area (Å²) in [5.74, 6) is -0.195. The van der Waals surface area contributed by atoms with Gasteiger partial charge in [0.2, 0.25) is 0 Å². The Balaban J connectivity index is 2.65. The maximum atomic E-state index is 13.6. The van der Waals surface area contributed by atoms with Crippen molar-refractivity contribution in [2.45, 2.75) is 34.1 Å². The Labute approximate surface area is 143 Å². The molecule has 0 N–H and O–H groups in total. The molecule has 0 unspecified atom stereocenters. The normalized spacial score (nSPS) is 12.2. The van der Waals surface area contributed by atoms with Crippen LogP contribution >= 0.6 is 0 Å². The van der Waals surface area contributed by atoms with E-state index in [1.54, 1.807) is 13.0 Å². The van der Waals surface area contributed by atoms with Gasteiger partial charge in [-0.2, -0.15) is 5.26 Å². The van der Waals surface area contributed by atoms with Gasteiger partial charge in [-0.3, -0.25) is 0 Å². The third-order valence-corrected chi connectivity index (χ3v) is 4.18. The second-order valence-corrected chi connectivity index (χ2v) is 5.95. The molecule has 0 aromatic heterocycles. The Kier molecular flexibility index (Phi) is 5.71. The Morgan fingerprint density at radius 1 is 1.08 bits per heavy atom. The highest BCUT2D eigenvalue weighted by molar-refractivity contribution is 5.95. The van der Waals surface area contributed by atoms with E-state index in [2.05, 4.69) is 25.1 Å². The van der Waals surface area contributed by atoms with Crippen molar-refractivity contribution in [3.63, 3.8) is 0 Å². The Hall–Kier alpha value is -2.66. The first-order valence-electron chi connectivity index (χ1n) is 8.13. The second kappa shape index (κ2) is 7.75. The van der Waals surface area contributed by atoms with E-state index >= 15 is 0 Å². The third kappa shape index (κ3) is 3.81. The Morgan fingerprint density at radius 2 is 1.79 bits per heavy atom. The molecule has 2 aromatic carbocycles. The quantitative estimate of drug-likeness (QED) is 0.485. The molecule has 0 aliphatic rings. The van der Waals surface area contributed by atoms with Crippen LogP contribution in [-0.2, 0) is 0 Å². The zero-order valence-corrected chi connectivity index (χ0v) is 14.7. The van der Waals surface area contributed by atoms with E-state index in [0.29, 0.717) is 11.1 Å². The minimum atomic E-state index is -0.195. The van der Waals surface area contributed by atoms with E-state index in [-0.39, 0.29) is 5.82 Å². The van der Waals surface area contributed by atoms with Crippen LogP contribution in [0.25, 0.3) is 11.1 Å². The highest BCUT2D eigenvalue weighted by Crippen LogP contribution is 2.29. The SMILES string of the molecule is CC/C=C\C(=C(/C)c1ccc(F)c(C)c1)c1ccc(C)c(C#N)c1. The smallest absolute Gasteiger partial charge is 0.126 e. The van der Waals surface area contributed by atoms with E-state index < -0.39 is 0 Å². The molecule has 2 rings (SSSR count). The van der Waals surface area contributed by atoms with Crippen molar-refractivity contribution in [3.05, 3.63) is 82.2 Å². The van der Waals surface area contributed by atoms with Crippen molar-refractivity contribution in [2.75, 3.05) is 0 Å². The summed E-state index contributed by atoms with van der Waals surface area (Å²) in [6, 6.07) is 13.3. The van der Waals surface area contributed by atoms with Crippen molar-refractivity contribution in [2.24, 2.45) is 0 Å². The van der Waals surface area contributed by atoms with Crippen LogP contribution in [0, 0.1) is 31.0 Å². The lowest BCUT2D eigenvalue weighted by Gasteiger charge is -2.12. The maximum Gasteiger partial charge on any atom is 0.126 e. The fraction of sp³-hybridized carbons (Fsp3) is 0.227. The predicted octanol–water partition coefficient (Wildman–Crippen LogP) is 6.21. The first-order chi connectivity index (χ1) is 11.5. The number of nitriles is 1. The van der Waals surface area contributed by atoms with E-state index in [1.807, 2.05) is 38.1 Å². The van der Waals surface area contributed by atoms with Gasteiger partial charge in [-0.05, 0) is 78.8 Å². The molecule has 0 aliphatic heterocycles. The number of hydrogen-bond donors (Lipinski definition) is 0. The van der Waals surface area contributed by atoms with Gasteiger partial charge in [0.05, 0.1) is 11.6 Å². The highest BCUT2D eigenvalue weighted by atomic mass is 19.1. The summed E-state index contributed by atoms with van der Waals surface area (Å²) in [5, 5.41) is 9.30. The van der Waals surface area contributed by atoms with Crippen molar-refractivity contribution in [3.8, 4) is 6.07 Å².